The molecule has 0 amide bonds. The van der Waals surface area contributed by atoms with Crippen molar-refractivity contribution in [2.45, 2.75) is 42.9 Å². The summed E-state index contributed by atoms with van der Waals surface area (Å²) in [5.41, 5.74) is 3.66. The fourth-order valence-electron chi connectivity index (χ4n) is 4.28. The summed E-state index contributed by atoms with van der Waals surface area (Å²) in [6, 6.07) is 14.3. The second-order valence-electron chi connectivity index (χ2n) is 8.43. The summed E-state index contributed by atoms with van der Waals surface area (Å²) in [6.07, 6.45) is 4.49. The van der Waals surface area contributed by atoms with E-state index in [-0.39, 0.29) is 16.8 Å². The first-order valence-corrected chi connectivity index (χ1v) is 11.2. The fourth-order valence-corrected chi connectivity index (χ4v) is 5.37. The third-order valence-corrected chi connectivity index (χ3v) is 7.62. The molecule has 3 aromatic rings. The maximum absolute atomic E-state index is 9.81. The van der Waals surface area contributed by atoms with E-state index in [1.165, 1.54) is 5.56 Å². The molecule has 2 aromatic heterocycles. The van der Waals surface area contributed by atoms with Crippen molar-refractivity contribution in [3.63, 3.8) is 0 Å². The standard InChI is InChI=1S/C23H23N5OS/c1-22(15-29)12-20-26-27-21(28(20)10-11-30-22)23(8-9-23)18-5-3-17(4-6-18)19-7-2-16(13-24)14-25-19/h2-7,14,29H,8-12,15H2,1H3/t22-/m1/s1. The lowest BCUT2D eigenvalue weighted by atomic mass is 9.93. The van der Waals surface area contributed by atoms with Crippen molar-refractivity contribution in [2.75, 3.05) is 12.4 Å². The molecular weight excluding hydrogens is 394 g/mol. The molecule has 3 heterocycles. The SMILES string of the molecule is C[C@]1(CO)Cc2nnc(C3(c4ccc(-c5ccc(C#N)cn5)cc4)CC3)n2CCS1. The molecule has 0 saturated heterocycles. The van der Waals surface area contributed by atoms with Crippen LogP contribution in [0.5, 0.6) is 0 Å². The van der Waals surface area contributed by atoms with Crippen LogP contribution in [-0.2, 0) is 18.4 Å². The molecule has 1 fully saturated rings. The zero-order valence-corrected chi connectivity index (χ0v) is 17.7. The van der Waals surface area contributed by atoms with Gasteiger partial charge in [-0.2, -0.15) is 17.0 Å². The number of pyridine rings is 1. The third-order valence-electron chi connectivity index (χ3n) is 6.26. The molecule has 2 aliphatic rings. The van der Waals surface area contributed by atoms with Gasteiger partial charge in [0.2, 0.25) is 0 Å². The summed E-state index contributed by atoms with van der Waals surface area (Å²) < 4.78 is 2.10. The topological polar surface area (TPSA) is 87.6 Å². The molecule has 0 spiro atoms. The Morgan fingerprint density at radius 2 is 1.97 bits per heavy atom. The highest BCUT2D eigenvalue weighted by atomic mass is 32.2. The van der Waals surface area contributed by atoms with Crippen molar-refractivity contribution < 1.29 is 5.11 Å². The monoisotopic (exact) mass is 417 g/mol. The molecule has 0 unspecified atom stereocenters. The van der Waals surface area contributed by atoms with Gasteiger partial charge in [0.15, 0.2) is 0 Å². The van der Waals surface area contributed by atoms with Crippen molar-refractivity contribution in [3.05, 3.63) is 65.4 Å². The Labute approximate surface area is 180 Å². The molecule has 30 heavy (non-hydrogen) atoms. The van der Waals surface area contributed by atoms with E-state index >= 15 is 0 Å². The predicted molar refractivity (Wildman–Crippen MR) is 116 cm³/mol. The Kier molecular flexibility index (Phi) is 4.64. The summed E-state index contributed by atoms with van der Waals surface area (Å²) >= 11 is 1.82. The number of aliphatic hydroxyl groups is 1. The van der Waals surface area contributed by atoms with E-state index in [4.69, 9.17) is 5.26 Å². The van der Waals surface area contributed by atoms with E-state index in [2.05, 4.69) is 57.0 Å². The average molecular weight is 418 g/mol. The van der Waals surface area contributed by atoms with Crippen LogP contribution in [-0.4, -0.2) is 42.0 Å². The fraction of sp³-hybridized carbons (Fsp3) is 0.391. The van der Waals surface area contributed by atoms with E-state index in [0.29, 0.717) is 5.56 Å². The molecule has 1 aromatic carbocycles. The highest BCUT2D eigenvalue weighted by Crippen LogP contribution is 2.53. The zero-order chi connectivity index (χ0) is 20.8. The van der Waals surface area contributed by atoms with E-state index in [0.717, 1.165) is 54.5 Å². The van der Waals surface area contributed by atoms with Crippen LogP contribution < -0.4 is 0 Å². The number of hydrogen-bond acceptors (Lipinski definition) is 6. The molecule has 5 rings (SSSR count). The van der Waals surface area contributed by atoms with Crippen LogP contribution >= 0.6 is 11.8 Å². The van der Waals surface area contributed by atoms with Gasteiger partial charge in [-0.25, -0.2) is 0 Å². The van der Waals surface area contributed by atoms with Crippen molar-refractivity contribution in [1.82, 2.24) is 19.7 Å². The lowest BCUT2D eigenvalue weighted by Gasteiger charge is -2.23. The molecule has 1 N–H and O–H groups in total. The first kappa shape index (κ1) is 19.3. The second kappa shape index (κ2) is 7.22. The van der Waals surface area contributed by atoms with Crippen molar-refractivity contribution in [3.8, 4) is 17.3 Å². The van der Waals surface area contributed by atoms with Gasteiger partial charge in [0.05, 0.1) is 23.3 Å². The Bertz CT molecular complexity index is 1110. The van der Waals surface area contributed by atoms with Gasteiger partial charge < -0.3 is 9.67 Å². The zero-order valence-electron chi connectivity index (χ0n) is 16.9. The molecule has 1 aliphatic heterocycles. The molecule has 7 heteroatoms. The minimum atomic E-state index is -0.189. The quantitative estimate of drug-likeness (QED) is 0.701. The second-order valence-corrected chi connectivity index (χ2v) is 10.1. The lowest BCUT2D eigenvalue weighted by Crippen LogP contribution is -2.28. The van der Waals surface area contributed by atoms with Crippen LogP contribution in [0.2, 0.25) is 0 Å². The van der Waals surface area contributed by atoms with Crippen molar-refractivity contribution in [1.29, 1.82) is 5.26 Å². The summed E-state index contributed by atoms with van der Waals surface area (Å²) in [6.45, 7) is 3.13. The molecule has 152 valence electrons. The molecule has 1 atom stereocenters. The van der Waals surface area contributed by atoms with Gasteiger partial charge in [-0.3, -0.25) is 4.98 Å². The summed E-state index contributed by atoms with van der Waals surface area (Å²) in [5.74, 6) is 3.00. The molecule has 1 saturated carbocycles. The van der Waals surface area contributed by atoms with Gasteiger partial charge in [0.25, 0.3) is 0 Å². The number of hydrogen-bond donors (Lipinski definition) is 1. The van der Waals surface area contributed by atoms with Crippen LogP contribution in [0.1, 0.15) is 42.5 Å². The molecular formula is C23H23N5OS. The van der Waals surface area contributed by atoms with Crippen molar-refractivity contribution >= 4 is 11.8 Å². The van der Waals surface area contributed by atoms with Crippen LogP contribution in [0.4, 0.5) is 0 Å². The van der Waals surface area contributed by atoms with E-state index in [1.54, 1.807) is 12.3 Å². The number of benzene rings is 1. The van der Waals surface area contributed by atoms with Crippen LogP contribution in [0.3, 0.4) is 0 Å². The largest absolute Gasteiger partial charge is 0.395 e. The van der Waals surface area contributed by atoms with E-state index in [9.17, 15) is 5.11 Å². The summed E-state index contributed by atoms with van der Waals surface area (Å²) in [4.78, 5) is 4.40. The van der Waals surface area contributed by atoms with Crippen LogP contribution in [0, 0.1) is 11.3 Å². The van der Waals surface area contributed by atoms with Gasteiger partial charge in [0.1, 0.15) is 17.7 Å². The highest BCUT2D eigenvalue weighted by Gasteiger charge is 2.50. The Morgan fingerprint density at radius 3 is 2.60 bits per heavy atom. The highest BCUT2D eigenvalue weighted by molar-refractivity contribution is 8.00. The number of aromatic nitrogens is 4. The third kappa shape index (κ3) is 3.21. The summed E-state index contributed by atoms with van der Waals surface area (Å²) in [7, 11) is 0. The van der Waals surface area contributed by atoms with Crippen molar-refractivity contribution in [2.24, 2.45) is 0 Å². The summed E-state index contributed by atoms with van der Waals surface area (Å²) in [5, 5.41) is 27.9. The number of aliphatic hydroxyl groups excluding tert-OH is 1. The maximum Gasteiger partial charge on any atom is 0.143 e. The maximum atomic E-state index is 9.81. The minimum absolute atomic E-state index is 0.0630. The van der Waals surface area contributed by atoms with Crippen LogP contribution in [0.25, 0.3) is 11.3 Å². The Balaban J connectivity index is 1.45. The molecule has 0 bridgehead atoms. The van der Waals surface area contributed by atoms with Gasteiger partial charge in [-0.05, 0) is 37.5 Å². The number of rotatable bonds is 4. The molecule has 1 aliphatic carbocycles. The lowest BCUT2D eigenvalue weighted by molar-refractivity contribution is 0.254. The van der Waals surface area contributed by atoms with E-state index < -0.39 is 0 Å². The smallest absolute Gasteiger partial charge is 0.143 e. The number of nitriles is 1. The number of nitrogens with zero attached hydrogens (tertiary/aromatic N) is 5. The number of fused-ring (bicyclic) bond motifs is 1. The molecule has 6 nitrogen and oxygen atoms in total. The number of thioether (sulfide) groups is 1. The van der Waals surface area contributed by atoms with Gasteiger partial charge >= 0.3 is 0 Å². The Morgan fingerprint density at radius 1 is 1.17 bits per heavy atom. The van der Waals surface area contributed by atoms with Gasteiger partial charge in [0, 0.05) is 35.2 Å². The molecule has 0 radical (unpaired) electrons. The average Bonchev–Trinajstić information content (AvgIpc) is 3.53. The van der Waals surface area contributed by atoms with Crippen LogP contribution in [0.15, 0.2) is 42.6 Å². The minimum Gasteiger partial charge on any atom is -0.395 e. The normalized spacial score (nSPS) is 22.0. The first-order chi connectivity index (χ1) is 14.6. The van der Waals surface area contributed by atoms with Gasteiger partial charge in [-0.1, -0.05) is 24.3 Å². The van der Waals surface area contributed by atoms with Gasteiger partial charge in [-0.15, -0.1) is 10.2 Å². The Hall–Kier alpha value is -2.69. The first-order valence-electron chi connectivity index (χ1n) is 10.2. The van der Waals surface area contributed by atoms with E-state index in [1.807, 2.05) is 17.8 Å². The predicted octanol–water partition coefficient (Wildman–Crippen LogP) is 3.33.